The van der Waals surface area contributed by atoms with Crippen LogP contribution in [0.15, 0.2) is 71.6 Å². The van der Waals surface area contributed by atoms with Crippen molar-refractivity contribution in [2.45, 2.75) is 17.9 Å². The molecule has 3 rings (SSSR count). The summed E-state index contributed by atoms with van der Waals surface area (Å²) in [6.45, 7) is 2.34. The van der Waals surface area contributed by atoms with E-state index in [2.05, 4.69) is 5.32 Å². The van der Waals surface area contributed by atoms with Gasteiger partial charge in [-0.05, 0) is 54.1 Å². The highest BCUT2D eigenvalue weighted by Gasteiger charge is 2.14. The van der Waals surface area contributed by atoms with Crippen LogP contribution in [0.3, 0.4) is 0 Å². The Labute approximate surface area is 162 Å². The van der Waals surface area contributed by atoms with Crippen molar-refractivity contribution in [3.05, 3.63) is 71.8 Å². The molecule has 1 unspecified atom stereocenters. The first-order valence-electron chi connectivity index (χ1n) is 8.43. The highest BCUT2D eigenvalue weighted by Crippen LogP contribution is 2.22. The van der Waals surface area contributed by atoms with E-state index in [1.165, 1.54) is 0 Å². The fourth-order valence-electron chi connectivity index (χ4n) is 2.52. The SMILES string of the molecule is CC(Oc1ccc2ccccc2c1)C(=O)NCCSc1ccc(Cl)cc1. The summed E-state index contributed by atoms with van der Waals surface area (Å²) in [4.78, 5) is 13.3. The van der Waals surface area contributed by atoms with E-state index in [0.717, 1.165) is 26.4 Å². The number of carbonyl (C=O) groups excluding carboxylic acids is 1. The lowest BCUT2D eigenvalue weighted by Gasteiger charge is -2.15. The smallest absolute Gasteiger partial charge is 0.260 e. The highest BCUT2D eigenvalue weighted by molar-refractivity contribution is 7.99. The fourth-order valence-corrected chi connectivity index (χ4v) is 3.41. The number of halogens is 1. The van der Waals surface area contributed by atoms with Crippen LogP contribution in [-0.2, 0) is 4.79 Å². The summed E-state index contributed by atoms with van der Waals surface area (Å²) in [6, 6.07) is 21.6. The fraction of sp³-hybridized carbons (Fsp3) is 0.190. The first kappa shape index (κ1) is 18.6. The maximum absolute atomic E-state index is 12.2. The van der Waals surface area contributed by atoms with E-state index in [-0.39, 0.29) is 5.91 Å². The van der Waals surface area contributed by atoms with Crippen LogP contribution in [0.1, 0.15) is 6.92 Å². The third kappa shape index (κ3) is 5.16. The predicted molar refractivity (Wildman–Crippen MR) is 109 cm³/mol. The average Bonchev–Trinajstić information content (AvgIpc) is 2.66. The number of hydrogen-bond donors (Lipinski definition) is 1. The van der Waals surface area contributed by atoms with Crippen molar-refractivity contribution in [3.63, 3.8) is 0 Å². The molecule has 0 bridgehead atoms. The quantitative estimate of drug-likeness (QED) is 0.450. The number of carbonyl (C=O) groups is 1. The molecule has 0 aromatic heterocycles. The van der Waals surface area contributed by atoms with Gasteiger partial charge in [-0.2, -0.15) is 0 Å². The monoisotopic (exact) mass is 385 g/mol. The highest BCUT2D eigenvalue weighted by atomic mass is 35.5. The lowest BCUT2D eigenvalue weighted by molar-refractivity contribution is -0.127. The maximum atomic E-state index is 12.2. The second-order valence-corrected chi connectivity index (χ2v) is 7.47. The van der Waals surface area contributed by atoms with Crippen molar-refractivity contribution in [1.29, 1.82) is 0 Å². The van der Waals surface area contributed by atoms with Crippen molar-refractivity contribution >= 4 is 40.0 Å². The number of thioether (sulfide) groups is 1. The van der Waals surface area contributed by atoms with Crippen molar-refractivity contribution in [2.75, 3.05) is 12.3 Å². The van der Waals surface area contributed by atoms with Crippen molar-refractivity contribution in [3.8, 4) is 5.75 Å². The molecule has 0 spiro atoms. The molecule has 26 heavy (non-hydrogen) atoms. The summed E-state index contributed by atoms with van der Waals surface area (Å²) in [5.41, 5.74) is 0. The van der Waals surface area contributed by atoms with Gasteiger partial charge in [0.1, 0.15) is 5.75 Å². The number of benzene rings is 3. The van der Waals surface area contributed by atoms with Gasteiger partial charge in [-0.1, -0.05) is 41.9 Å². The molecule has 3 aromatic carbocycles. The molecule has 0 fully saturated rings. The standard InChI is InChI=1S/C21H20ClNO2S/c1-15(25-19-9-6-16-4-2-3-5-17(16)14-19)21(24)23-12-13-26-20-10-7-18(22)8-11-20/h2-11,14-15H,12-13H2,1H3,(H,23,24). The molecule has 1 N–H and O–H groups in total. The molecule has 3 aromatic rings. The zero-order chi connectivity index (χ0) is 18.4. The van der Waals surface area contributed by atoms with E-state index in [0.29, 0.717) is 12.3 Å². The topological polar surface area (TPSA) is 38.3 Å². The maximum Gasteiger partial charge on any atom is 0.260 e. The van der Waals surface area contributed by atoms with Crippen LogP contribution in [0.25, 0.3) is 10.8 Å². The molecule has 5 heteroatoms. The lowest BCUT2D eigenvalue weighted by atomic mass is 10.1. The van der Waals surface area contributed by atoms with Gasteiger partial charge in [0.15, 0.2) is 6.10 Å². The number of amides is 1. The Kier molecular flexibility index (Phi) is 6.42. The van der Waals surface area contributed by atoms with Crippen LogP contribution in [0.4, 0.5) is 0 Å². The summed E-state index contributed by atoms with van der Waals surface area (Å²) in [7, 11) is 0. The van der Waals surface area contributed by atoms with Crippen LogP contribution in [0.5, 0.6) is 5.75 Å². The molecule has 3 nitrogen and oxygen atoms in total. The third-order valence-corrected chi connectivity index (χ3v) is 5.15. The Morgan fingerprint density at radius 2 is 1.81 bits per heavy atom. The van der Waals surface area contributed by atoms with E-state index in [1.54, 1.807) is 18.7 Å². The van der Waals surface area contributed by atoms with Crippen LogP contribution in [0.2, 0.25) is 5.02 Å². The van der Waals surface area contributed by atoms with Crippen LogP contribution >= 0.6 is 23.4 Å². The number of ether oxygens (including phenoxy) is 1. The number of rotatable bonds is 7. The molecule has 0 saturated carbocycles. The van der Waals surface area contributed by atoms with Gasteiger partial charge in [0.05, 0.1) is 0 Å². The molecule has 0 aliphatic carbocycles. The number of hydrogen-bond acceptors (Lipinski definition) is 3. The van der Waals surface area contributed by atoms with Crippen molar-refractivity contribution in [2.24, 2.45) is 0 Å². The first-order valence-corrected chi connectivity index (χ1v) is 9.80. The van der Waals surface area contributed by atoms with E-state index < -0.39 is 6.10 Å². The molecule has 134 valence electrons. The second kappa shape index (κ2) is 8.97. The van der Waals surface area contributed by atoms with E-state index in [9.17, 15) is 4.79 Å². The second-order valence-electron chi connectivity index (χ2n) is 5.86. The largest absolute Gasteiger partial charge is 0.481 e. The summed E-state index contributed by atoms with van der Waals surface area (Å²) in [5, 5.41) is 5.88. The molecule has 0 heterocycles. The van der Waals surface area contributed by atoms with E-state index >= 15 is 0 Å². The van der Waals surface area contributed by atoms with E-state index in [4.69, 9.17) is 16.3 Å². The predicted octanol–water partition coefficient (Wildman–Crippen LogP) is 5.17. The van der Waals surface area contributed by atoms with Crippen molar-refractivity contribution in [1.82, 2.24) is 5.32 Å². The normalized spacial score (nSPS) is 11.9. The van der Waals surface area contributed by atoms with Gasteiger partial charge in [0.2, 0.25) is 0 Å². The van der Waals surface area contributed by atoms with Crippen molar-refractivity contribution < 1.29 is 9.53 Å². The Morgan fingerprint density at radius 3 is 2.58 bits per heavy atom. The van der Waals surface area contributed by atoms with Crippen LogP contribution < -0.4 is 10.1 Å². The summed E-state index contributed by atoms with van der Waals surface area (Å²) in [5.74, 6) is 1.37. The Balaban J connectivity index is 1.45. The molecular weight excluding hydrogens is 366 g/mol. The van der Waals surface area contributed by atoms with Gasteiger partial charge in [-0.15, -0.1) is 11.8 Å². The van der Waals surface area contributed by atoms with Gasteiger partial charge in [0, 0.05) is 22.2 Å². The minimum atomic E-state index is -0.545. The summed E-state index contributed by atoms with van der Waals surface area (Å²) >= 11 is 7.54. The van der Waals surface area contributed by atoms with Crippen LogP contribution in [-0.4, -0.2) is 24.3 Å². The Bertz CT molecular complexity index is 883. The minimum absolute atomic E-state index is 0.116. The Morgan fingerprint density at radius 1 is 1.08 bits per heavy atom. The number of fused-ring (bicyclic) bond motifs is 1. The van der Waals surface area contributed by atoms with Gasteiger partial charge >= 0.3 is 0 Å². The van der Waals surface area contributed by atoms with Gasteiger partial charge < -0.3 is 10.1 Å². The van der Waals surface area contributed by atoms with Gasteiger partial charge in [-0.25, -0.2) is 0 Å². The molecule has 0 radical (unpaired) electrons. The molecule has 0 aliphatic rings. The first-order chi connectivity index (χ1) is 12.6. The summed E-state index contributed by atoms with van der Waals surface area (Å²) < 4.78 is 5.78. The molecule has 1 atom stereocenters. The molecule has 0 aliphatic heterocycles. The zero-order valence-electron chi connectivity index (χ0n) is 14.4. The third-order valence-electron chi connectivity index (χ3n) is 3.89. The lowest BCUT2D eigenvalue weighted by Crippen LogP contribution is -2.37. The Hall–Kier alpha value is -2.17. The molecular formula is C21H20ClNO2S. The number of nitrogens with one attached hydrogen (secondary N) is 1. The van der Waals surface area contributed by atoms with Gasteiger partial charge in [-0.3, -0.25) is 4.79 Å². The van der Waals surface area contributed by atoms with Gasteiger partial charge in [0.25, 0.3) is 5.91 Å². The zero-order valence-corrected chi connectivity index (χ0v) is 16.0. The van der Waals surface area contributed by atoms with Crippen LogP contribution in [0, 0.1) is 0 Å². The summed E-state index contributed by atoms with van der Waals surface area (Å²) in [6.07, 6.45) is -0.545. The average molecular weight is 386 g/mol. The minimum Gasteiger partial charge on any atom is -0.481 e. The molecule has 1 amide bonds. The molecule has 0 saturated heterocycles. The van der Waals surface area contributed by atoms with E-state index in [1.807, 2.05) is 66.7 Å².